The van der Waals surface area contributed by atoms with Crippen LogP contribution in [0.1, 0.15) is 23.2 Å². The average molecular weight is 328 g/mol. The Morgan fingerprint density at radius 1 is 1.32 bits per heavy atom. The van der Waals surface area contributed by atoms with E-state index in [1.165, 1.54) is 22.9 Å². The molecule has 0 atom stereocenters. The molecule has 112 valence electrons. The van der Waals surface area contributed by atoms with Gasteiger partial charge in [-0.2, -0.15) is 14.0 Å². The number of likely N-dealkylation sites (N-methyl/N-ethyl adjacent to an activating group) is 1. The van der Waals surface area contributed by atoms with Gasteiger partial charge in [0.05, 0.1) is 23.4 Å². The predicted molar refractivity (Wildman–Crippen MR) is 90.7 cm³/mol. The third-order valence-electron chi connectivity index (χ3n) is 3.56. The minimum absolute atomic E-state index is 0.695. The van der Waals surface area contributed by atoms with Crippen LogP contribution in [0.3, 0.4) is 0 Å². The summed E-state index contributed by atoms with van der Waals surface area (Å²) in [6, 6.07) is 9.85. The van der Waals surface area contributed by atoms with Gasteiger partial charge in [-0.1, -0.05) is 30.0 Å². The first-order valence-corrected chi connectivity index (χ1v) is 8.80. The minimum Gasteiger partial charge on any atom is -0.302 e. The SMILES string of the molecule is CN1CCC=C(c2nsnc2SCc2ccc(C#N)cc2)C1. The standard InChI is InChI=1S/C16H16N4S2/c1-20-8-2-3-14(10-20)15-16(19-22-18-15)21-11-13-6-4-12(9-17)5-7-13/h3-7H,2,8,10-11H2,1H3. The van der Waals surface area contributed by atoms with E-state index in [4.69, 9.17) is 5.26 Å². The Morgan fingerprint density at radius 2 is 2.14 bits per heavy atom. The lowest BCUT2D eigenvalue weighted by Gasteiger charge is -2.22. The fraction of sp³-hybridized carbons (Fsp3) is 0.312. The second-order valence-corrected chi connectivity index (χ2v) is 6.76. The summed E-state index contributed by atoms with van der Waals surface area (Å²) in [5.41, 5.74) is 4.21. The maximum absolute atomic E-state index is 8.83. The van der Waals surface area contributed by atoms with E-state index in [-0.39, 0.29) is 0 Å². The highest BCUT2D eigenvalue weighted by Gasteiger charge is 2.17. The number of hydrogen-bond donors (Lipinski definition) is 0. The normalized spacial score (nSPS) is 15.4. The summed E-state index contributed by atoms with van der Waals surface area (Å²) in [7, 11) is 2.14. The molecule has 0 amide bonds. The topological polar surface area (TPSA) is 52.8 Å². The molecule has 1 aliphatic rings. The summed E-state index contributed by atoms with van der Waals surface area (Å²) < 4.78 is 8.93. The van der Waals surface area contributed by atoms with E-state index in [9.17, 15) is 0 Å². The molecule has 1 aromatic heterocycles. The summed E-state index contributed by atoms with van der Waals surface area (Å²) in [5.74, 6) is 0.841. The molecule has 0 bridgehead atoms. The molecule has 22 heavy (non-hydrogen) atoms. The third-order valence-corrected chi connectivity index (χ3v) is 5.24. The van der Waals surface area contributed by atoms with Crippen molar-refractivity contribution >= 4 is 29.1 Å². The quantitative estimate of drug-likeness (QED) is 0.805. The summed E-state index contributed by atoms with van der Waals surface area (Å²) in [4.78, 5) is 2.31. The second kappa shape index (κ2) is 7.05. The molecule has 0 fully saturated rings. The number of benzene rings is 1. The van der Waals surface area contributed by atoms with Crippen LogP contribution in [0, 0.1) is 11.3 Å². The Labute approximate surface area is 138 Å². The van der Waals surface area contributed by atoms with Gasteiger partial charge in [0.1, 0.15) is 10.7 Å². The number of hydrogen-bond acceptors (Lipinski definition) is 6. The van der Waals surface area contributed by atoms with Crippen LogP contribution < -0.4 is 0 Å². The highest BCUT2D eigenvalue weighted by molar-refractivity contribution is 7.98. The lowest BCUT2D eigenvalue weighted by Crippen LogP contribution is -2.25. The van der Waals surface area contributed by atoms with E-state index in [1.807, 2.05) is 24.3 Å². The van der Waals surface area contributed by atoms with E-state index in [0.29, 0.717) is 5.56 Å². The number of nitriles is 1. The molecule has 3 rings (SSSR count). The molecular formula is C16H16N4S2. The first kappa shape index (κ1) is 15.2. The zero-order chi connectivity index (χ0) is 15.4. The van der Waals surface area contributed by atoms with E-state index in [0.717, 1.165) is 36.0 Å². The Morgan fingerprint density at radius 3 is 2.86 bits per heavy atom. The van der Waals surface area contributed by atoms with Crippen LogP contribution >= 0.6 is 23.5 Å². The highest BCUT2D eigenvalue weighted by Crippen LogP contribution is 2.30. The van der Waals surface area contributed by atoms with Crippen LogP contribution in [-0.4, -0.2) is 33.8 Å². The summed E-state index contributed by atoms with van der Waals surface area (Å²) >= 11 is 2.99. The molecule has 0 aliphatic carbocycles. The molecule has 0 spiro atoms. The highest BCUT2D eigenvalue weighted by atomic mass is 32.2. The lowest BCUT2D eigenvalue weighted by atomic mass is 10.1. The van der Waals surface area contributed by atoms with Gasteiger partial charge in [-0.15, -0.1) is 0 Å². The van der Waals surface area contributed by atoms with Gasteiger partial charge in [0.15, 0.2) is 0 Å². The molecule has 0 N–H and O–H groups in total. The van der Waals surface area contributed by atoms with Gasteiger partial charge in [0, 0.05) is 18.8 Å². The molecule has 4 nitrogen and oxygen atoms in total. The average Bonchev–Trinajstić information content (AvgIpc) is 3.02. The van der Waals surface area contributed by atoms with Crippen molar-refractivity contribution in [1.29, 1.82) is 5.26 Å². The molecule has 1 aromatic carbocycles. The van der Waals surface area contributed by atoms with Crippen molar-refractivity contribution < 1.29 is 0 Å². The van der Waals surface area contributed by atoms with Crippen LogP contribution in [-0.2, 0) is 5.75 Å². The molecule has 0 saturated carbocycles. The van der Waals surface area contributed by atoms with Crippen molar-refractivity contribution in [1.82, 2.24) is 13.6 Å². The number of aromatic nitrogens is 2. The molecule has 6 heteroatoms. The van der Waals surface area contributed by atoms with Crippen molar-refractivity contribution in [3.8, 4) is 6.07 Å². The van der Waals surface area contributed by atoms with E-state index < -0.39 is 0 Å². The van der Waals surface area contributed by atoms with Crippen molar-refractivity contribution in [2.75, 3.05) is 20.1 Å². The predicted octanol–water partition coefficient (Wildman–Crippen LogP) is 3.42. The molecular weight excluding hydrogens is 312 g/mol. The van der Waals surface area contributed by atoms with Crippen LogP contribution in [0.2, 0.25) is 0 Å². The molecule has 2 heterocycles. The van der Waals surface area contributed by atoms with E-state index in [1.54, 1.807) is 11.8 Å². The van der Waals surface area contributed by atoms with Crippen molar-refractivity contribution in [2.45, 2.75) is 17.2 Å². The second-order valence-electron chi connectivity index (χ2n) is 5.27. The third kappa shape index (κ3) is 3.55. The fourth-order valence-corrected chi connectivity index (χ4v) is 4.03. The Balaban J connectivity index is 1.70. The Bertz CT molecular complexity index is 712. The van der Waals surface area contributed by atoms with E-state index in [2.05, 4.69) is 32.8 Å². The zero-order valence-corrected chi connectivity index (χ0v) is 14.0. The van der Waals surface area contributed by atoms with Crippen molar-refractivity contribution in [3.63, 3.8) is 0 Å². The number of thioether (sulfide) groups is 1. The maximum Gasteiger partial charge on any atom is 0.138 e. The van der Waals surface area contributed by atoms with Crippen LogP contribution in [0.4, 0.5) is 0 Å². The van der Waals surface area contributed by atoms with E-state index >= 15 is 0 Å². The molecule has 1 aliphatic heterocycles. The summed E-state index contributed by atoms with van der Waals surface area (Å²) in [6.07, 6.45) is 3.35. The van der Waals surface area contributed by atoms with Crippen molar-refractivity contribution in [3.05, 3.63) is 47.2 Å². The van der Waals surface area contributed by atoms with Gasteiger partial charge in [-0.25, -0.2) is 0 Å². The van der Waals surface area contributed by atoms with Gasteiger partial charge >= 0.3 is 0 Å². The zero-order valence-electron chi connectivity index (χ0n) is 12.3. The van der Waals surface area contributed by atoms with Gasteiger partial charge in [0.2, 0.25) is 0 Å². The Hall–Kier alpha value is -1.68. The monoisotopic (exact) mass is 328 g/mol. The number of rotatable bonds is 4. The largest absolute Gasteiger partial charge is 0.302 e. The number of nitrogens with zero attached hydrogens (tertiary/aromatic N) is 4. The smallest absolute Gasteiger partial charge is 0.138 e. The van der Waals surface area contributed by atoms with Gasteiger partial charge < -0.3 is 4.90 Å². The van der Waals surface area contributed by atoms with Gasteiger partial charge in [0.25, 0.3) is 0 Å². The van der Waals surface area contributed by atoms with Gasteiger partial charge in [-0.05, 0) is 36.7 Å². The molecule has 0 radical (unpaired) electrons. The van der Waals surface area contributed by atoms with Crippen molar-refractivity contribution in [2.24, 2.45) is 0 Å². The summed E-state index contributed by atoms with van der Waals surface area (Å²) in [6.45, 7) is 2.05. The fourth-order valence-electron chi connectivity index (χ4n) is 2.36. The lowest BCUT2D eigenvalue weighted by molar-refractivity contribution is 0.372. The minimum atomic E-state index is 0.695. The first-order valence-electron chi connectivity index (χ1n) is 7.08. The maximum atomic E-state index is 8.83. The summed E-state index contributed by atoms with van der Waals surface area (Å²) in [5, 5.41) is 9.84. The molecule has 0 saturated heterocycles. The van der Waals surface area contributed by atoms with Crippen LogP contribution in [0.25, 0.3) is 5.57 Å². The van der Waals surface area contributed by atoms with Crippen LogP contribution in [0.15, 0.2) is 35.4 Å². The van der Waals surface area contributed by atoms with Gasteiger partial charge in [-0.3, -0.25) is 0 Å². The van der Waals surface area contributed by atoms with Crippen LogP contribution in [0.5, 0.6) is 0 Å². The first-order chi connectivity index (χ1) is 10.8. The Kier molecular flexibility index (Phi) is 4.88. The molecule has 0 unspecified atom stereocenters. The molecule has 2 aromatic rings.